The molecule has 0 fully saturated rings. The van der Waals surface area contributed by atoms with Crippen LogP contribution in [-0.4, -0.2) is 20.7 Å². The zero-order valence-corrected chi connectivity index (χ0v) is 14.2. The third-order valence-corrected chi connectivity index (χ3v) is 4.74. The van der Waals surface area contributed by atoms with Gasteiger partial charge in [-0.2, -0.15) is 0 Å². The van der Waals surface area contributed by atoms with Crippen molar-refractivity contribution in [3.63, 3.8) is 0 Å². The van der Waals surface area contributed by atoms with Crippen LogP contribution in [0.15, 0.2) is 17.0 Å². The fourth-order valence-electron chi connectivity index (χ4n) is 1.67. The van der Waals surface area contributed by atoms with Crippen LogP contribution in [0.4, 0.5) is 0 Å². The van der Waals surface area contributed by atoms with Crippen LogP contribution in [0.3, 0.4) is 0 Å². The minimum absolute atomic E-state index is 0.0826. The largest absolute Gasteiger partial charge is 0.466 e. The van der Waals surface area contributed by atoms with E-state index in [2.05, 4.69) is 52.2 Å². The monoisotopic (exact) mass is 268 g/mol. The summed E-state index contributed by atoms with van der Waals surface area (Å²) in [5, 5.41) is 1.14. The molecule has 0 aliphatic rings. The molecule has 0 radical (unpaired) electrons. The van der Waals surface area contributed by atoms with Gasteiger partial charge in [0.1, 0.15) is 0 Å². The van der Waals surface area contributed by atoms with Crippen LogP contribution in [0, 0.1) is 11.3 Å². The van der Waals surface area contributed by atoms with E-state index in [1.807, 2.05) is 13.8 Å². The summed E-state index contributed by atoms with van der Waals surface area (Å²) in [6.45, 7) is 17.3. The Kier molecular flexibility index (Phi) is 6.11. The molecule has 0 unspecified atom stereocenters. The molecule has 0 amide bonds. The van der Waals surface area contributed by atoms with E-state index in [1.54, 1.807) is 0 Å². The van der Waals surface area contributed by atoms with Gasteiger partial charge in [0.05, 0.1) is 20.6 Å². The normalized spacial score (nSPS) is 13.6. The summed E-state index contributed by atoms with van der Waals surface area (Å²) >= 11 is 0. The highest BCUT2D eigenvalue weighted by atomic mass is 28.3. The van der Waals surface area contributed by atoms with Gasteiger partial charge >= 0.3 is 5.97 Å². The van der Waals surface area contributed by atoms with Crippen molar-refractivity contribution in [1.29, 1.82) is 0 Å². The Balaban J connectivity index is 5.41. The van der Waals surface area contributed by atoms with Gasteiger partial charge < -0.3 is 4.74 Å². The van der Waals surface area contributed by atoms with Crippen LogP contribution >= 0.6 is 0 Å². The van der Waals surface area contributed by atoms with Crippen LogP contribution in [0.1, 0.15) is 34.6 Å². The molecule has 0 aliphatic carbocycles. The molecular weight excluding hydrogens is 240 g/mol. The third-order valence-electron chi connectivity index (χ3n) is 2.54. The second kappa shape index (κ2) is 6.40. The van der Waals surface area contributed by atoms with Crippen LogP contribution in [-0.2, 0) is 9.53 Å². The lowest BCUT2D eigenvalue weighted by molar-refractivity contribution is -0.145. The molecule has 0 heterocycles. The Morgan fingerprint density at radius 1 is 1.33 bits per heavy atom. The lowest BCUT2D eigenvalue weighted by Crippen LogP contribution is -2.32. The molecule has 0 saturated heterocycles. The molecule has 0 spiro atoms. The Labute approximate surface area is 113 Å². The highest BCUT2D eigenvalue weighted by molar-refractivity contribution is 6.83. The first-order valence-electron chi connectivity index (χ1n) is 6.64. The summed E-state index contributed by atoms with van der Waals surface area (Å²) in [4.78, 5) is 11.9. The fraction of sp³-hybridized carbons (Fsp3) is 0.733. The van der Waals surface area contributed by atoms with Gasteiger partial charge in [0.2, 0.25) is 0 Å². The smallest absolute Gasteiger partial charge is 0.313 e. The molecule has 0 N–H and O–H groups in total. The average Bonchev–Trinajstić information content (AvgIpc) is 2.13. The second-order valence-electron chi connectivity index (χ2n) is 6.79. The molecule has 3 heteroatoms. The summed E-state index contributed by atoms with van der Waals surface area (Å²) in [6, 6.07) is 0. The molecule has 1 atom stereocenters. The maximum atomic E-state index is 11.9. The van der Waals surface area contributed by atoms with Crippen molar-refractivity contribution in [3.05, 3.63) is 17.0 Å². The Hall–Kier alpha value is -0.793. The minimum atomic E-state index is -1.57. The number of carbonyl (C=O) groups is 1. The van der Waals surface area contributed by atoms with Gasteiger partial charge in [-0.15, -0.1) is 5.73 Å². The highest BCUT2D eigenvalue weighted by Crippen LogP contribution is 2.24. The van der Waals surface area contributed by atoms with E-state index in [4.69, 9.17) is 4.74 Å². The minimum Gasteiger partial charge on any atom is -0.466 e. The number of rotatable bonds is 4. The molecule has 0 saturated carbocycles. The van der Waals surface area contributed by atoms with Crippen LogP contribution in [0.2, 0.25) is 19.6 Å². The van der Waals surface area contributed by atoms with Crippen molar-refractivity contribution in [2.24, 2.45) is 11.3 Å². The predicted octanol–water partition coefficient (Wildman–Crippen LogP) is 4.19. The number of esters is 1. The van der Waals surface area contributed by atoms with E-state index < -0.39 is 8.07 Å². The van der Waals surface area contributed by atoms with E-state index in [0.29, 0.717) is 6.61 Å². The standard InChI is InChI=1S/C15H28O2Si/c1-9-17-14(16)12(2)13(18(6,7)8)10-11-15(3,4)5/h11-12H,9H2,1-8H3/t10?,12-/m1/s1. The molecule has 0 aromatic rings. The van der Waals surface area contributed by atoms with Crippen LogP contribution < -0.4 is 0 Å². The van der Waals surface area contributed by atoms with Gasteiger partial charge in [-0.05, 0) is 30.5 Å². The van der Waals surface area contributed by atoms with Gasteiger partial charge in [-0.3, -0.25) is 4.79 Å². The first-order chi connectivity index (χ1) is 7.99. The predicted molar refractivity (Wildman–Crippen MR) is 80.2 cm³/mol. The fourth-order valence-corrected chi connectivity index (χ4v) is 3.59. The molecule has 0 bridgehead atoms. The summed E-state index contributed by atoms with van der Waals surface area (Å²) in [6.07, 6.45) is 2.07. The Morgan fingerprint density at radius 2 is 1.83 bits per heavy atom. The molecule has 104 valence electrons. The van der Waals surface area contributed by atoms with E-state index in [0.717, 1.165) is 5.20 Å². The van der Waals surface area contributed by atoms with Crippen molar-refractivity contribution in [3.8, 4) is 0 Å². The van der Waals surface area contributed by atoms with Crippen LogP contribution in [0.25, 0.3) is 0 Å². The molecule has 2 nitrogen and oxygen atoms in total. The van der Waals surface area contributed by atoms with E-state index >= 15 is 0 Å². The van der Waals surface area contributed by atoms with Gasteiger partial charge in [0.15, 0.2) is 0 Å². The maximum Gasteiger partial charge on any atom is 0.313 e. The highest BCUT2D eigenvalue weighted by Gasteiger charge is 2.29. The van der Waals surface area contributed by atoms with Gasteiger partial charge in [-0.1, -0.05) is 40.4 Å². The number of hydrogen-bond donors (Lipinski definition) is 0. The summed E-state index contributed by atoms with van der Waals surface area (Å²) < 4.78 is 5.12. The van der Waals surface area contributed by atoms with Crippen molar-refractivity contribution in [2.45, 2.75) is 54.3 Å². The third kappa shape index (κ3) is 6.22. The van der Waals surface area contributed by atoms with E-state index in [9.17, 15) is 4.79 Å². The molecule has 0 rings (SSSR count). The number of carbonyl (C=O) groups excluding carboxylic acids is 1. The Morgan fingerprint density at radius 3 is 2.17 bits per heavy atom. The average molecular weight is 268 g/mol. The molecule has 0 aliphatic heterocycles. The molecule has 0 aromatic carbocycles. The van der Waals surface area contributed by atoms with Crippen molar-refractivity contribution in [2.75, 3.05) is 6.61 Å². The van der Waals surface area contributed by atoms with Gasteiger partial charge in [0.25, 0.3) is 0 Å². The van der Waals surface area contributed by atoms with Crippen molar-refractivity contribution >= 4 is 14.0 Å². The van der Waals surface area contributed by atoms with Crippen molar-refractivity contribution in [1.82, 2.24) is 0 Å². The topological polar surface area (TPSA) is 26.3 Å². The lowest BCUT2D eigenvalue weighted by Gasteiger charge is -2.24. The van der Waals surface area contributed by atoms with Crippen LogP contribution in [0.5, 0.6) is 0 Å². The zero-order valence-electron chi connectivity index (χ0n) is 13.2. The quantitative estimate of drug-likeness (QED) is 0.434. The van der Waals surface area contributed by atoms with Gasteiger partial charge in [0, 0.05) is 0 Å². The summed E-state index contributed by atoms with van der Waals surface area (Å²) in [7, 11) is -1.57. The SMILES string of the molecule is CCOC(=O)[C@H](C)C(=C=CC(C)(C)C)[Si](C)(C)C. The molecule has 18 heavy (non-hydrogen) atoms. The summed E-state index contributed by atoms with van der Waals surface area (Å²) in [5.74, 6) is -0.319. The second-order valence-corrected chi connectivity index (χ2v) is 11.8. The molecule has 0 aromatic heterocycles. The van der Waals surface area contributed by atoms with E-state index in [1.165, 1.54) is 0 Å². The molecular formula is C15H28O2Si. The van der Waals surface area contributed by atoms with Gasteiger partial charge in [-0.25, -0.2) is 0 Å². The first kappa shape index (κ1) is 17.2. The summed E-state index contributed by atoms with van der Waals surface area (Å²) in [5.41, 5.74) is 3.47. The Bertz CT molecular complexity index is 350. The number of ether oxygens (including phenoxy) is 1. The first-order valence-corrected chi connectivity index (χ1v) is 10.1. The zero-order chi connectivity index (χ0) is 14.6. The van der Waals surface area contributed by atoms with E-state index in [-0.39, 0.29) is 17.3 Å². The number of hydrogen-bond acceptors (Lipinski definition) is 2. The maximum absolute atomic E-state index is 11.9. The lowest BCUT2D eigenvalue weighted by atomic mass is 9.97. The van der Waals surface area contributed by atoms with Crippen molar-refractivity contribution < 1.29 is 9.53 Å².